The number of urea groups is 1. The lowest BCUT2D eigenvalue weighted by molar-refractivity contribution is -0.139. The molecule has 0 aliphatic carbocycles. The highest BCUT2D eigenvalue weighted by atomic mass is 19.4. The number of fused-ring (bicyclic) bond motifs is 1. The summed E-state index contributed by atoms with van der Waals surface area (Å²) in [4.78, 5) is 30.4. The van der Waals surface area contributed by atoms with Gasteiger partial charge in [0.2, 0.25) is 0 Å². The van der Waals surface area contributed by atoms with Crippen LogP contribution in [0.3, 0.4) is 0 Å². The summed E-state index contributed by atoms with van der Waals surface area (Å²) < 4.78 is 52.7. The molecule has 0 bridgehead atoms. The number of hydrogen-bond donors (Lipinski definition) is 2. The number of alkyl halides is 3. The smallest absolute Gasteiger partial charge is 0.416 e. The van der Waals surface area contributed by atoms with Crippen LogP contribution in [-0.4, -0.2) is 47.4 Å². The SMILES string of the molecule is O=C(O)C[C@@H]1CCN(C(=O)Nc2cccc(C(F)(F)F)c2)C[C@@H]1CC1=NCCc2cc(F)ccc21. The second kappa shape index (κ2) is 10.1. The molecule has 1 fully saturated rings. The first-order chi connectivity index (χ1) is 16.6. The molecule has 2 aliphatic heterocycles. The van der Waals surface area contributed by atoms with Gasteiger partial charge in [-0.1, -0.05) is 6.07 Å². The molecule has 2 heterocycles. The predicted octanol–water partition coefficient (Wildman–Crippen LogP) is 5.22. The molecule has 1 saturated heterocycles. The Labute approximate surface area is 199 Å². The number of carbonyl (C=O) groups excluding carboxylic acids is 1. The first kappa shape index (κ1) is 24.7. The number of hydrogen-bond acceptors (Lipinski definition) is 3. The van der Waals surface area contributed by atoms with Crippen molar-refractivity contribution in [3.63, 3.8) is 0 Å². The third kappa shape index (κ3) is 5.98. The normalized spacial score (nSPS) is 20.1. The van der Waals surface area contributed by atoms with E-state index in [9.17, 15) is 32.3 Å². The highest BCUT2D eigenvalue weighted by molar-refractivity contribution is 6.02. The number of benzene rings is 2. The maximum absolute atomic E-state index is 13.7. The van der Waals surface area contributed by atoms with E-state index in [2.05, 4.69) is 10.3 Å². The van der Waals surface area contributed by atoms with Gasteiger partial charge in [-0.3, -0.25) is 9.79 Å². The van der Waals surface area contributed by atoms with E-state index in [-0.39, 0.29) is 42.9 Å². The molecule has 6 nitrogen and oxygen atoms in total. The van der Waals surface area contributed by atoms with Crippen LogP contribution in [0, 0.1) is 17.7 Å². The van der Waals surface area contributed by atoms with E-state index in [0.717, 1.165) is 29.0 Å². The molecule has 0 spiro atoms. The van der Waals surface area contributed by atoms with Crippen LogP contribution in [0.1, 0.15) is 36.0 Å². The maximum Gasteiger partial charge on any atom is 0.416 e. The van der Waals surface area contributed by atoms with Gasteiger partial charge in [-0.25, -0.2) is 9.18 Å². The van der Waals surface area contributed by atoms with Gasteiger partial charge in [0.05, 0.1) is 5.56 Å². The Morgan fingerprint density at radius 2 is 1.94 bits per heavy atom. The largest absolute Gasteiger partial charge is 0.481 e. The van der Waals surface area contributed by atoms with Gasteiger partial charge >= 0.3 is 18.2 Å². The Hall–Kier alpha value is -3.43. The second-order valence-corrected chi connectivity index (χ2v) is 8.95. The van der Waals surface area contributed by atoms with Crippen molar-refractivity contribution in [2.24, 2.45) is 16.8 Å². The quantitative estimate of drug-likeness (QED) is 0.563. The van der Waals surface area contributed by atoms with Gasteiger partial charge in [-0.05, 0) is 78.6 Å². The fraction of sp³-hybridized carbons (Fsp3) is 0.400. The van der Waals surface area contributed by atoms with E-state index >= 15 is 0 Å². The summed E-state index contributed by atoms with van der Waals surface area (Å²) in [6.07, 6.45) is -3.11. The Kier molecular flexibility index (Phi) is 7.09. The lowest BCUT2D eigenvalue weighted by Crippen LogP contribution is -2.46. The number of nitrogens with one attached hydrogen (secondary N) is 1. The monoisotopic (exact) mass is 491 g/mol. The van der Waals surface area contributed by atoms with Crippen molar-refractivity contribution >= 4 is 23.4 Å². The summed E-state index contributed by atoms with van der Waals surface area (Å²) in [5.41, 5.74) is 1.60. The minimum Gasteiger partial charge on any atom is -0.481 e. The summed E-state index contributed by atoms with van der Waals surface area (Å²) in [5, 5.41) is 11.9. The average Bonchev–Trinajstić information content (AvgIpc) is 2.79. The number of carbonyl (C=O) groups is 2. The zero-order valence-electron chi connectivity index (χ0n) is 18.8. The van der Waals surface area contributed by atoms with Crippen LogP contribution < -0.4 is 5.32 Å². The Morgan fingerprint density at radius 1 is 1.14 bits per heavy atom. The molecule has 2 aliphatic rings. The summed E-state index contributed by atoms with van der Waals surface area (Å²) >= 11 is 0. The molecule has 2 aromatic carbocycles. The maximum atomic E-state index is 13.7. The number of aliphatic imine (C=N–C) groups is 1. The van der Waals surface area contributed by atoms with Gasteiger partial charge in [-0.15, -0.1) is 0 Å². The van der Waals surface area contributed by atoms with Crippen molar-refractivity contribution in [2.75, 3.05) is 25.0 Å². The first-order valence-electron chi connectivity index (χ1n) is 11.4. The minimum atomic E-state index is -4.53. The molecule has 0 radical (unpaired) electrons. The zero-order chi connectivity index (χ0) is 25.2. The minimum absolute atomic E-state index is 0.0293. The molecule has 10 heteroatoms. The van der Waals surface area contributed by atoms with Gasteiger partial charge in [0, 0.05) is 37.5 Å². The van der Waals surface area contributed by atoms with Crippen LogP contribution in [0.4, 0.5) is 28.0 Å². The van der Waals surface area contributed by atoms with E-state index < -0.39 is 23.7 Å². The number of halogens is 4. The number of piperidine rings is 1. The lowest BCUT2D eigenvalue weighted by Gasteiger charge is -2.38. The fourth-order valence-corrected chi connectivity index (χ4v) is 4.84. The molecule has 2 aromatic rings. The van der Waals surface area contributed by atoms with E-state index in [0.29, 0.717) is 25.8 Å². The summed E-state index contributed by atoms with van der Waals surface area (Å²) in [7, 11) is 0. The summed E-state index contributed by atoms with van der Waals surface area (Å²) in [6, 6.07) is 8.39. The Bertz CT molecular complexity index is 1150. The van der Waals surface area contributed by atoms with E-state index in [4.69, 9.17) is 0 Å². The molecule has 2 amide bonds. The molecule has 4 rings (SSSR count). The number of carboxylic acids is 1. The Balaban J connectivity index is 1.50. The number of amides is 2. The van der Waals surface area contributed by atoms with Crippen LogP contribution in [0.15, 0.2) is 47.5 Å². The molecule has 186 valence electrons. The molecule has 0 aromatic heterocycles. The standard InChI is InChI=1S/C25H25F4N3O3/c26-19-4-5-21-16(10-19)6-8-30-22(21)11-17-14-32(9-7-15(17)12-23(33)34)24(35)31-20-3-1-2-18(13-20)25(27,28)29/h1-5,10,13,15,17H,6-9,11-12,14H2,(H,31,35)(H,33,34)/t15-,17-/m0/s1. The van der Waals surface area contributed by atoms with Gasteiger partial charge in [0.15, 0.2) is 0 Å². The van der Waals surface area contributed by atoms with E-state index in [1.165, 1.54) is 29.2 Å². The van der Waals surface area contributed by atoms with Crippen molar-refractivity contribution in [1.29, 1.82) is 0 Å². The molecule has 2 N–H and O–H groups in total. The lowest BCUT2D eigenvalue weighted by atomic mass is 9.78. The van der Waals surface area contributed by atoms with Crippen LogP contribution in [0.2, 0.25) is 0 Å². The van der Waals surface area contributed by atoms with Crippen LogP contribution >= 0.6 is 0 Å². The van der Waals surface area contributed by atoms with Gasteiger partial charge in [0.1, 0.15) is 5.82 Å². The molecule has 2 atom stereocenters. The first-order valence-corrected chi connectivity index (χ1v) is 11.4. The van der Waals surface area contributed by atoms with Crippen molar-refractivity contribution in [3.8, 4) is 0 Å². The topological polar surface area (TPSA) is 82.0 Å². The summed E-state index contributed by atoms with van der Waals surface area (Å²) in [5.74, 6) is -1.68. The molecular weight excluding hydrogens is 466 g/mol. The van der Waals surface area contributed by atoms with Crippen LogP contribution in [0.25, 0.3) is 0 Å². The van der Waals surface area contributed by atoms with Gasteiger partial charge < -0.3 is 15.3 Å². The predicted molar refractivity (Wildman–Crippen MR) is 122 cm³/mol. The molecule has 0 saturated carbocycles. The third-order valence-electron chi connectivity index (χ3n) is 6.57. The zero-order valence-corrected chi connectivity index (χ0v) is 18.8. The second-order valence-electron chi connectivity index (χ2n) is 8.95. The van der Waals surface area contributed by atoms with Crippen LogP contribution in [-0.2, 0) is 17.4 Å². The van der Waals surface area contributed by atoms with Crippen LogP contribution in [0.5, 0.6) is 0 Å². The van der Waals surface area contributed by atoms with Gasteiger partial charge in [0.25, 0.3) is 0 Å². The molecular formula is C25H25F4N3O3. The third-order valence-corrected chi connectivity index (χ3v) is 6.57. The highest BCUT2D eigenvalue weighted by Crippen LogP contribution is 2.33. The van der Waals surface area contributed by atoms with Crippen molar-refractivity contribution in [3.05, 3.63) is 65.0 Å². The number of rotatable bonds is 5. The average molecular weight is 491 g/mol. The number of aliphatic carboxylic acids is 1. The summed E-state index contributed by atoms with van der Waals surface area (Å²) in [6.45, 7) is 1.02. The number of likely N-dealkylation sites (tertiary alicyclic amines) is 1. The Morgan fingerprint density at radius 3 is 2.69 bits per heavy atom. The number of nitrogens with zero attached hydrogens (tertiary/aromatic N) is 2. The van der Waals surface area contributed by atoms with Crippen molar-refractivity contribution in [1.82, 2.24) is 4.90 Å². The van der Waals surface area contributed by atoms with E-state index in [1.54, 1.807) is 6.07 Å². The molecule has 0 unspecified atom stereocenters. The van der Waals surface area contributed by atoms with Crippen molar-refractivity contribution < 1.29 is 32.3 Å². The van der Waals surface area contributed by atoms with Crippen molar-refractivity contribution in [2.45, 2.75) is 31.9 Å². The van der Waals surface area contributed by atoms with Gasteiger partial charge in [-0.2, -0.15) is 13.2 Å². The number of carboxylic acid groups (broad SMARTS) is 1. The van der Waals surface area contributed by atoms with E-state index in [1.807, 2.05) is 0 Å². The highest BCUT2D eigenvalue weighted by Gasteiger charge is 2.35. The fourth-order valence-electron chi connectivity index (χ4n) is 4.84. The number of anilines is 1. The molecule has 35 heavy (non-hydrogen) atoms.